The second-order valence-electron chi connectivity index (χ2n) is 1.83. The first-order chi connectivity index (χ1) is 5.67. The Bertz CT molecular complexity index is 289. The molecule has 2 N–H and O–H groups in total. The summed E-state index contributed by atoms with van der Waals surface area (Å²) >= 11 is 0. The highest BCUT2D eigenvalue weighted by atomic mass is 15.5. The highest BCUT2D eigenvalue weighted by Gasteiger charge is 2.16. The van der Waals surface area contributed by atoms with E-state index in [9.17, 15) is 0 Å². The average molecular weight is 163 g/mol. The molecule has 0 aromatic rings. The maximum absolute atomic E-state index is 5.35. The fourth-order valence-corrected chi connectivity index (χ4v) is 0.568. The van der Waals surface area contributed by atoms with E-state index in [1.807, 2.05) is 0 Å². The van der Waals surface area contributed by atoms with E-state index in [1.54, 1.807) is 13.0 Å². The molecule has 0 bridgehead atoms. The molecule has 62 valence electrons. The Hall–Kier alpha value is -1.98. The molecule has 0 heterocycles. The Morgan fingerprint density at radius 2 is 2.42 bits per heavy atom. The standard InChI is InChI=1S/C8H11N4/c1-5-6-8(10-3)12(11-4)7(2)9/h4-5H,2-3,9H2,1H3/q+1. The van der Waals surface area contributed by atoms with Crippen LogP contribution in [-0.4, -0.2) is 11.7 Å². The lowest BCUT2D eigenvalue weighted by molar-refractivity contribution is 0.560. The van der Waals surface area contributed by atoms with Gasteiger partial charge in [-0.25, -0.2) is 4.99 Å². The van der Waals surface area contributed by atoms with Gasteiger partial charge < -0.3 is 5.73 Å². The summed E-state index contributed by atoms with van der Waals surface area (Å²) in [7, 11) is 0. The highest BCUT2D eigenvalue weighted by Crippen LogP contribution is 2.07. The predicted octanol–water partition coefficient (Wildman–Crippen LogP) is 1.31. The molecule has 0 saturated carbocycles. The maximum Gasteiger partial charge on any atom is 0.305 e. The Kier molecular flexibility index (Phi) is 3.99. The topological polar surface area (TPSA) is 46.0 Å². The van der Waals surface area contributed by atoms with E-state index in [0.29, 0.717) is 5.82 Å². The van der Waals surface area contributed by atoms with E-state index in [-0.39, 0.29) is 5.82 Å². The average Bonchev–Trinajstić information content (AvgIpc) is 2.03. The van der Waals surface area contributed by atoms with Crippen LogP contribution in [0.5, 0.6) is 0 Å². The molecule has 0 unspecified atom stereocenters. The summed E-state index contributed by atoms with van der Waals surface area (Å²) in [4.78, 5) is 6.94. The number of rotatable bonds is 3. The van der Waals surface area contributed by atoms with E-state index >= 15 is 0 Å². The molecule has 0 aliphatic carbocycles. The van der Waals surface area contributed by atoms with E-state index in [1.165, 1.54) is 0 Å². The molecular formula is C8H11N4+. The molecule has 0 rings (SSSR count). The van der Waals surface area contributed by atoms with E-state index < -0.39 is 0 Å². The minimum Gasteiger partial charge on any atom is -0.380 e. The quantitative estimate of drug-likeness (QED) is 0.387. The molecule has 0 fully saturated rings. The molecule has 12 heavy (non-hydrogen) atoms. The molecule has 4 heteroatoms. The van der Waals surface area contributed by atoms with Crippen molar-refractivity contribution in [1.29, 1.82) is 0 Å². The maximum atomic E-state index is 5.35. The predicted molar refractivity (Wildman–Crippen MR) is 50.3 cm³/mol. The molecule has 0 aliphatic rings. The zero-order valence-electron chi connectivity index (χ0n) is 6.99. The minimum atomic E-state index is 0.161. The van der Waals surface area contributed by atoms with Crippen molar-refractivity contribution in [1.82, 2.24) is 5.01 Å². The summed E-state index contributed by atoms with van der Waals surface area (Å²) < 4.78 is 0. The van der Waals surface area contributed by atoms with Crippen LogP contribution < -0.4 is 5.73 Å². The number of hydrogen-bond acceptors (Lipinski definition) is 3. The Labute approximate surface area is 71.8 Å². The van der Waals surface area contributed by atoms with Gasteiger partial charge in [-0.2, -0.15) is 0 Å². The zero-order chi connectivity index (χ0) is 9.56. The SMILES string of the molecule is C#[N+]N(C(=C)N)C(=C=CC)N=C. The summed E-state index contributed by atoms with van der Waals surface area (Å²) in [5.74, 6) is 0.474. The Morgan fingerprint density at radius 3 is 2.67 bits per heavy atom. The zero-order valence-corrected chi connectivity index (χ0v) is 6.99. The number of hydrogen-bond donors (Lipinski definition) is 1. The molecule has 0 aromatic carbocycles. The lowest BCUT2D eigenvalue weighted by atomic mass is 10.6. The second-order valence-corrected chi connectivity index (χ2v) is 1.83. The summed E-state index contributed by atoms with van der Waals surface area (Å²) in [6.45, 7) is 13.6. The monoisotopic (exact) mass is 163 g/mol. The van der Waals surface area contributed by atoms with Gasteiger partial charge in [0.05, 0.1) is 4.95 Å². The molecular weight excluding hydrogens is 152 g/mol. The summed E-state index contributed by atoms with van der Waals surface area (Å²) in [6.07, 6.45) is 1.64. The van der Waals surface area contributed by atoms with Gasteiger partial charge >= 0.3 is 6.57 Å². The first-order valence-corrected chi connectivity index (χ1v) is 3.20. The Morgan fingerprint density at radius 1 is 1.83 bits per heavy atom. The van der Waals surface area contributed by atoms with Crippen molar-refractivity contribution in [2.45, 2.75) is 6.92 Å². The summed E-state index contributed by atoms with van der Waals surface area (Å²) in [6, 6.07) is 0. The van der Waals surface area contributed by atoms with Gasteiger partial charge in [-0.3, -0.25) is 0 Å². The molecule has 0 aromatic heterocycles. The minimum absolute atomic E-state index is 0.161. The number of nitrogens with two attached hydrogens (primary N) is 1. The molecule has 0 atom stereocenters. The fourth-order valence-electron chi connectivity index (χ4n) is 0.568. The van der Waals surface area contributed by atoms with Gasteiger partial charge in [0.15, 0.2) is 5.82 Å². The summed E-state index contributed by atoms with van der Waals surface area (Å²) in [5.41, 5.74) is 8.09. The van der Waals surface area contributed by atoms with Crippen LogP contribution in [0.3, 0.4) is 0 Å². The second kappa shape index (κ2) is 4.78. The van der Waals surface area contributed by atoms with Crippen LogP contribution in [0.2, 0.25) is 0 Å². The van der Waals surface area contributed by atoms with Gasteiger partial charge in [-0.15, -0.1) is 0 Å². The number of nitrogens with zero attached hydrogens (tertiary/aromatic N) is 3. The van der Waals surface area contributed by atoms with Crippen molar-refractivity contribution in [2.75, 3.05) is 0 Å². The number of aliphatic imine (C=N–C) groups is 1. The molecule has 0 radical (unpaired) electrons. The highest BCUT2D eigenvalue weighted by molar-refractivity contribution is 5.29. The van der Waals surface area contributed by atoms with Gasteiger partial charge in [-0.05, 0) is 19.7 Å². The molecule has 0 saturated heterocycles. The normalized spacial score (nSPS) is 7.33. The van der Waals surface area contributed by atoms with Gasteiger partial charge in [0.25, 0.3) is 5.82 Å². The van der Waals surface area contributed by atoms with Crippen LogP contribution in [0.25, 0.3) is 4.95 Å². The molecule has 4 nitrogen and oxygen atoms in total. The molecule has 0 amide bonds. The number of allylic oxidation sites excluding steroid dienone is 1. The Balaban J connectivity index is 4.98. The van der Waals surface area contributed by atoms with Crippen LogP contribution in [0, 0.1) is 6.57 Å². The van der Waals surface area contributed by atoms with Crippen LogP contribution >= 0.6 is 0 Å². The first-order valence-electron chi connectivity index (χ1n) is 3.20. The largest absolute Gasteiger partial charge is 0.380 e. The fraction of sp³-hybridized carbons (Fsp3) is 0.125. The van der Waals surface area contributed by atoms with E-state index in [0.717, 1.165) is 5.01 Å². The lowest BCUT2D eigenvalue weighted by Gasteiger charge is -2.01. The van der Waals surface area contributed by atoms with Gasteiger partial charge in [0.1, 0.15) is 0 Å². The van der Waals surface area contributed by atoms with Crippen molar-refractivity contribution in [3.05, 3.63) is 35.0 Å². The van der Waals surface area contributed by atoms with Crippen LogP contribution in [0.15, 0.2) is 35.0 Å². The third kappa shape index (κ3) is 2.33. The van der Waals surface area contributed by atoms with Crippen molar-refractivity contribution in [2.24, 2.45) is 10.7 Å². The van der Waals surface area contributed by atoms with Gasteiger partial charge in [0, 0.05) is 5.01 Å². The van der Waals surface area contributed by atoms with E-state index in [4.69, 9.17) is 12.3 Å². The summed E-state index contributed by atoms with van der Waals surface area (Å²) in [5, 5.41) is 1.13. The van der Waals surface area contributed by atoms with Crippen molar-refractivity contribution in [3.63, 3.8) is 0 Å². The van der Waals surface area contributed by atoms with Crippen LogP contribution in [0.4, 0.5) is 0 Å². The first kappa shape index (κ1) is 10.0. The van der Waals surface area contributed by atoms with Crippen molar-refractivity contribution < 1.29 is 0 Å². The van der Waals surface area contributed by atoms with Crippen LogP contribution in [-0.2, 0) is 0 Å². The van der Waals surface area contributed by atoms with Crippen molar-refractivity contribution >= 4 is 6.72 Å². The van der Waals surface area contributed by atoms with Gasteiger partial charge in [-0.1, -0.05) is 12.3 Å². The smallest absolute Gasteiger partial charge is 0.305 e. The molecule has 0 aliphatic heterocycles. The van der Waals surface area contributed by atoms with Crippen molar-refractivity contribution in [3.8, 4) is 6.57 Å². The molecule has 0 spiro atoms. The third-order valence-corrected chi connectivity index (χ3v) is 1.01. The third-order valence-electron chi connectivity index (χ3n) is 1.01. The van der Waals surface area contributed by atoms with Crippen LogP contribution in [0.1, 0.15) is 6.92 Å². The van der Waals surface area contributed by atoms with E-state index in [2.05, 4.69) is 29.0 Å². The van der Waals surface area contributed by atoms with Gasteiger partial charge in [0.2, 0.25) is 0 Å². The lowest BCUT2D eigenvalue weighted by Crippen LogP contribution is -2.17.